The third kappa shape index (κ3) is 3.96. The maximum atomic E-state index is 12.7. The van der Waals surface area contributed by atoms with E-state index in [1.165, 1.54) is 4.90 Å². The molecule has 7 heteroatoms. The zero-order valence-electron chi connectivity index (χ0n) is 18.4. The smallest absolute Gasteiger partial charge is 0.407 e. The Morgan fingerprint density at radius 1 is 1.00 bits per heavy atom. The number of benzene rings is 2. The van der Waals surface area contributed by atoms with Crippen molar-refractivity contribution in [1.29, 1.82) is 0 Å². The second-order valence-corrected chi connectivity index (χ2v) is 9.19. The molecule has 0 spiro atoms. The van der Waals surface area contributed by atoms with Gasteiger partial charge in [0.2, 0.25) is 5.91 Å². The van der Waals surface area contributed by atoms with Gasteiger partial charge in [-0.1, -0.05) is 55.0 Å². The Morgan fingerprint density at radius 3 is 2.33 bits per heavy atom. The van der Waals surface area contributed by atoms with E-state index >= 15 is 0 Å². The molecule has 3 unspecified atom stereocenters. The van der Waals surface area contributed by atoms with E-state index in [1.54, 1.807) is 0 Å². The van der Waals surface area contributed by atoms with E-state index < -0.39 is 18.1 Å². The Labute approximate surface area is 192 Å². The average Bonchev–Trinajstić information content (AvgIpc) is 3.49. The maximum Gasteiger partial charge on any atom is 0.407 e. The summed E-state index contributed by atoms with van der Waals surface area (Å²) >= 11 is 0. The summed E-state index contributed by atoms with van der Waals surface area (Å²) in [6.45, 7) is 0.837. The first-order valence-corrected chi connectivity index (χ1v) is 11.7. The minimum Gasteiger partial charge on any atom is -0.480 e. The van der Waals surface area contributed by atoms with E-state index in [9.17, 15) is 19.5 Å². The van der Waals surface area contributed by atoms with Crippen LogP contribution in [-0.4, -0.2) is 53.7 Å². The number of carboxylic acid groups (broad SMARTS) is 1. The molecule has 3 aliphatic rings. The molecule has 2 aliphatic carbocycles. The molecule has 2 fully saturated rings. The molecular formula is C26H28N2O5. The van der Waals surface area contributed by atoms with Gasteiger partial charge in [-0.3, -0.25) is 4.79 Å². The average molecular weight is 449 g/mol. The largest absolute Gasteiger partial charge is 0.480 e. The van der Waals surface area contributed by atoms with Crippen molar-refractivity contribution in [3.8, 4) is 11.1 Å². The lowest BCUT2D eigenvalue weighted by Crippen LogP contribution is -2.44. The Kier molecular flexibility index (Phi) is 5.79. The van der Waals surface area contributed by atoms with Gasteiger partial charge in [-0.15, -0.1) is 0 Å². The number of hydrogen-bond acceptors (Lipinski definition) is 4. The Morgan fingerprint density at radius 2 is 1.67 bits per heavy atom. The van der Waals surface area contributed by atoms with Crippen molar-refractivity contribution in [1.82, 2.24) is 10.2 Å². The summed E-state index contributed by atoms with van der Waals surface area (Å²) in [4.78, 5) is 38.2. The first-order chi connectivity index (χ1) is 16.0. The topological polar surface area (TPSA) is 95.9 Å². The predicted octanol–water partition coefficient (Wildman–Crippen LogP) is 3.63. The Bertz CT molecular complexity index is 1040. The summed E-state index contributed by atoms with van der Waals surface area (Å²) in [5.74, 6) is -0.838. The maximum absolute atomic E-state index is 12.7. The van der Waals surface area contributed by atoms with Crippen LogP contribution in [-0.2, 0) is 14.3 Å². The zero-order chi connectivity index (χ0) is 22.9. The van der Waals surface area contributed by atoms with E-state index in [-0.39, 0.29) is 43.2 Å². The number of aliphatic carboxylic acids is 1. The third-order valence-corrected chi connectivity index (χ3v) is 7.42. The number of likely N-dealkylation sites (tertiary alicyclic amines) is 1. The number of alkyl carbamates (subject to hydrolysis) is 1. The summed E-state index contributed by atoms with van der Waals surface area (Å²) in [6.07, 6.45) is 2.37. The van der Waals surface area contributed by atoms with Crippen LogP contribution in [0.4, 0.5) is 4.79 Å². The number of ether oxygens (including phenoxy) is 1. The fourth-order valence-electron chi connectivity index (χ4n) is 5.94. The summed E-state index contributed by atoms with van der Waals surface area (Å²) in [7, 11) is 0. The first-order valence-electron chi connectivity index (χ1n) is 11.7. The van der Waals surface area contributed by atoms with Crippen molar-refractivity contribution in [2.75, 3.05) is 19.7 Å². The van der Waals surface area contributed by atoms with Gasteiger partial charge >= 0.3 is 12.1 Å². The van der Waals surface area contributed by atoms with Crippen LogP contribution in [0, 0.1) is 11.8 Å². The SMILES string of the molecule is O=C(NCCC(=O)N1CC2CCCC2C1C(=O)O)OCC1c2ccccc2-c2ccccc21. The van der Waals surface area contributed by atoms with Crippen molar-refractivity contribution < 1.29 is 24.2 Å². The molecule has 2 N–H and O–H groups in total. The molecule has 1 aliphatic heterocycles. The molecule has 7 nitrogen and oxygen atoms in total. The van der Waals surface area contributed by atoms with E-state index in [4.69, 9.17) is 4.74 Å². The van der Waals surface area contributed by atoms with Crippen molar-refractivity contribution in [2.45, 2.75) is 37.6 Å². The van der Waals surface area contributed by atoms with E-state index in [1.807, 2.05) is 24.3 Å². The highest BCUT2D eigenvalue weighted by atomic mass is 16.5. The summed E-state index contributed by atoms with van der Waals surface area (Å²) in [6, 6.07) is 15.5. The van der Waals surface area contributed by atoms with E-state index in [0.717, 1.165) is 41.5 Å². The van der Waals surface area contributed by atoms with Gasteiger partial charge in [0.15, 0.2) is 0 Å². The van der Waals surface area contributed by atoms with Gasteiger partial charge in [0.25, 0.3) is 0 Å². The molecule has 5 rings (SSSR count). The van der Waals surface area contributed by atoms with Gasteiger partial charge in [-0.2, -0.15) is 0 Å². The molecular weight excluding hydrogens is 420 g/mol. The number of rotatable bonds is 6. The Balaban J connectivity index is 1.13. The third-order valence-electron chi connectivity index (χ3n) is 7.42. The van der Waals surface area contributed by atoms with Crippen LogP contribution in [0.2, 0.25) is 0 Å². The lowest BCUT2D eigenvalue weighted by Gasteiger charge is -2.24. The molecule has 2 amide bonds. The molecule has 1 saturated heterocycles. The van der Waals surface area contributed by atoms with Crippen LogP contribution in [0.5, 0.6) is 0 Å². The van der Waals surface area contributed by atoms with Crippen LogP contribution in [0.3, 0.4) is 0 Å². The zero-order valence-corrected chi connectivity index (χ0v) is 18.4. The van der Waals surface area contributed by atoms with Crippen molar-refractivity contribution in [3.05, 3.63) is 59.7 Å². The van der Waals surface area contributed by atoms with Gasteiger partial charge < -0.3 is 20.1 Å². The predicted molar refractivity (Wildman–Crippen MR) is 122 cm³/mol. The van der Waals surface area contributed by atoms with E-state index in [2.05, 4.69) is 29.6 Å². The molecule has 1 saturated carbocycles. The lowest BCUT2D eigenvalue weighted by atomic mass is 9.94. The van der Waals surface area contributed by atoms with Crippen LogP contribution in [0.1, 0.15) is 42.7 Å². The van der Waals surface area contributed by atoms with E-state index in [0.29, 0.717) is 6.54 Å². The van der Waals surface area contributed by atoms with Gasteiger partial charge in [-0.25, -0.2) is 9.59 Å². The van der Waals surface area contributed by atoms with Gasteiger partial charge in [-0.05, 0) is 46.9 Å². The fraction of sp³-hybridized carbons (Fsp3) is 0.423. The molecule has 0 radical (unpaired) electrons. The number of nitrogens with one attached hydrogen (secondary N) is 1. The van der Waals surface area contributed by atoms with Crippen LogP contribution in [0.25, 0.3) is 11.1 Å². The molecule has 2 aromatic carbocycles. The number of carboxylic acids is 1. The van der Waals surface area contributed by atoms with Crippen LogP contribution >= 0.6 is 0 Å². The normalized spacial score (nSPS) is 23.0. The second-order valence-electron chi connectivity index (χ2n) is 9.19. The summed E-state index contributed by atoms with van der Waals surface area (Å²) < 4.78 is 5.50. The molecule has 33 heavy (non-hydrogen) atoms. The van der Waals surface area contributed by atoms with Crippen LogP contribution < -0.4 is 5.32 Å². The summed E-state index contributed by atoms with van der Waals surface area (Å²) in [5, 5.41) is 12.3. The molecule has 0 aromatic heterocycles. The van der Waals surface area contributed by atoms with Crippen LogP contribution in [0.15, 0.2) is 48.5 Å². The molecule has 3 atom stereocenters. The standard InChI is InChI=1S/C26H28N2O5/c29-23(28-14-16-6-5-11-17(16)24(28)25(30)31)12-13-27-26(32)33-15-22-20-9-3-1-7-18(20)19-8-2-4-10-21(19)22/h1-4,7-10,16-17,22,24H,5-6,11-15H2,(H,27,32)(H,30,31). The van der Waals surface area contributed by atoms with Crippen molar-refractivity contribution in [2.24, 2.45) is 11.8 Å². The highest BCUT2D eigenvalue weighted by Crippen LogP contribution is 2.44. The number of carbonyl (C=O) groups excluding carboxylic acids is 2. The minimum absolute atomic E-state index is 0.0230. The van der Waals surface area contributed by atoms with Crippen molar-refractivity contribution >= 4 is 18.0 Å². The molecule has 1 heterocycles. The second kappa shape index (κ2) is 8.89. The molecule has 2 aromatic rings. The van der Waals surface area contributed by atoms with Gasteiger partial charge in [0.1, 0.15) is 12.6 Å². The molecule has 0 bridgehead atoms. The molecule has 172 valence electrons. The van der Waals surface area contributed by atoms with Gasteiger partial charge in [0.05, 0.1) is 0 Å². The van der Waals surface area contributed by atoms with Gasteiger partial charge in [0, 0.05) is 25.4 Å². The number of hydrogen-bond donors (Lipinski definition) is 2. The number of fused-ring (bicyclic) bond motifs is 4. The monoisotopic (exact) mass is 448 g/mol. The summed E-state index contributed by atoms with van der Waals surface area (Å²) in [5.41, 5.74) is 4.61. The minimum atomic E-state index is -0.928. The highest BCUT2D eigenvalue weighted by Gasteiger charge is 2.49. The number of nitrogens with zero attached hydrogens (tertiary/aromatic N) is 1. The van der Waals surface area contributed by atoms with Crippen molar-refractivity contribution in [3.63, 3.8) is 0 Å². The Hall–Kier alpha value is -3.35. The fourth-order valence-corrected chi connectivity index (χ4v) is 5.94. The first kappa shape index (κ1) is 21.5. The lowest BCUT2D eigenvalue weighted by molar-refractivity contribution is -0.149. The quantitative estimate of drug-likeness (QED) is 0.704. The number of carbonyl (C=O) groups is 3. The number of amides is 2. The highest BCUT2D eigenvalue weighted by molar-refractivity contribution is 5.85.